The zero-order chi connectivity index (χ0) is 19.6. The average Bonchev–Trinajstić information content (AvgIpc) is 2.97. The summed E-state index contributed by atoms with van der Waals surface area (Å²) in [7, 11) is 0. The second-order valence-corrected chi connectivity index (χ2v) is 7.35. The van der Waals surface area contributed by atoms with E-state index in [1.54, 1.807) is 11.3 Å². The summed E-state index contributed by atoms with van der Waals surface area (Å²) in [6, 6.07) is 5.69. The van der Waals surface area contributed by atoms with Gasteiger partial charge in [-0.3, -0.25) is 4.99 Å². The van der Waals surface area contributed by atoms with Gasteiger partial charge in [-0.15, -0.1) is 35.3 Å². The van der Waals surface area contributed by atoms with E-state index in [0.29, 0.717) is 18.3 Å². The number of hydrogen-bond donors (Lipinski definition) is 3. The number of thiazole rings is 1. The molecule has 0 aliphatic carbocycles. The molecule has 28 heavy (non-hydrogen) atoms. The molecular weight excluding hydrogens is 494 g/mol. The van der Waals surface area contributed by atoms with E-state index in [2.05, 4.69) is 27.5 Å². The third-order valence-electron chi connectivity index (χ3n) is 3.76. The Hall–Kier alpha value is -1.46. The predicted molar refractivity (Wildman–Crippen MR) is 123 cm³/mol. The van der Waals surface area contributed by atoms with E-state index in [1.165, 1.54) is 29.1 Å². The number of aliphatic hydroxyl groups excluding tert-OH is 1. The lowest BCUT2D eigenvalue weighted by atomic mass is 10.3. The lowest BCUT2D eigenvalue weighted by molar-refractivity contribution is 0.114. The van der Waals surface area contributed by atoms with Gasteiger partial charge in [0.2, 0.25) is 0 Å². The quantitative estimate of drug-likeness (QED) is 0.268. The molecule has 1 aromatic heterocycles. The molecule has 1 unspecified atom stereocenters. The molecule has 0 radical (unpaired) electrons. The van der Waals surface area contributed by atoms with Crippen LogP contribution in [0, 0.1) is 19.7 Å². The van der Waals surface area contributed by atoms with Crippen molar-refractivity contribution in [2.75, 3.05) is 26.2 Å². The number of nitrogens with one attached hydrogen (secondary N) is 2. The van der Waals surface area contributed by atoms with Crippen molar-refractivity contribution in [1.29, 1.82) is 0 Å². The smallest absolute Gasteiger partial charge is 0.191 e. The Balaban J connectivity index is 0.00000392. The molecule has 0 aliphatic heterocycles. The molecule has 9 heteroatoms. The van der Waals surface area contributed by atoms with Crippen LogP contribution in [0.4, 0.5) is 4.39 Å². The molecule has 0 spiro atoms. The van der Waals surface area contributed by atoms with Crippen LogP contribution in [-0.2, 0) is 6.42 Å². The van der Waals surface area contributed by atoms with Gasteiger partial charge in [0.1, 0.15) is 24.3 Å². The van der Waals surface area contributed by atoms with Crippen molar-refractivity contribution >= 4 is 41.3 Å². The first-order chi connectivity index (χ1) is 13.0. The number of halogens is 2. The number of hydrogen-bond acceptors (Lipinski definition) is 5. The Morgan fingerprint density at radius 1 is 1.29 bits per heavy atom. The molecule has 0 saturated carbocycles. The maximum atomic E-state index is 12.9. The number of aliphatic imine (C=N–C) groups is 1. The molecule has 3 N–H and O–H groups in total. The van der Waals surface area contributed by atoms with E-state index in [4.69, 9.17) is 4.74 Å². The maximum Gasteiger partial charge on any atom is 0.191 e. The van der Waals surface area contributed by atoms with Gasteiger partial charge in [-0.2, -0.15) is 0 Å². The first-order valence-corrected chi connectivity index (χ1v) is 9.81. The van der Waals surface area contributed by atoms with Crippen molar-refractivity contribution in [2.24, 2.45) is 4.99 Å². The molecular formula is C19H28FIN4O2S. The first-order valence-electron chi connectivity index (χ1n) is 8.99. The lowest BCUT2D eigenvalue weighted by Gasteiger charge is -2.13. The number of aryl methyl sites for hydroxylation is 2. The van der Waals surface area contributed by atoms with E-state index in [-0.39, 0.29) is 42.9 Å². The van der Waals surface area contributed by atoms with E-state index in [9.17, 15) is 9.50 Å². The van der Waals surface area contributed by atoms with Crippen LogP contribution >= 0.6 is 35.3 Å². The van der Waals surface area contributed by atoms with Crippen molar-refractivity contribution in [2.45, 2.75) is 33.3 Å². The molecule has 6 nitrogen and oxygen atoms in total. The second-order valence-electron chi connectivity index (χ2n) is 6.06. The van der Waals surface area contributed by atoms with Crippen molar-refractivity contribution in [3.63, 3.8) is 0 Å². The summed E-state index contributed by atoms with van der Waals surface area (Å²) in [6.45, 7) is 7.80. The summed E-state index contributed by atoms with van der Waals surface area (Å²) >= 11 is 1.71. The molecule has 1 aromatic carbocycles. The molecule has 2 aromatic rings. The van der Waals surface area contributed by atoms with Gasteiger partial charge in [0.05, 0.1) is 17.2 Å². The largest absolute Gasteiger partial charge is 0.491 e. The molecule has 0 bridgehead atoms. The fraction of sp³-hybridized carbons (Fsp3) is 0.474. The fourth-order valence-corrected chi connectivity index (χ4v) is 3.18. The second kappa shape index (κ2) is 12.9. The summed E-state index contributed by atoms with van der Waals surface area (Å²) in [5.74, 6) is 0.832. The third kappa shape index (κ3) is 8.70. The zero-order valence-electron chi connectivity index (χ0n) is 16.4. The van der Waals surface area contributed by atoms with Gasteiger partial charge in [-0.05, 0) is 45.0 Å². The minimum absolute atomic E-state index is 0. The Labute approximate surface area is 186 Å². The van der Waals surface area contributed by atoms with Crippen LogP contribution in [0.2, 0.25) is 0 Å². The van der Waals surface area contributed by atoms with Gasteiger partial charge < -0.3 is 20.5 Å². The van der Waals surface area contributed by atoms with E-state index in [0.717, 1.165) is 23.7 Å². The molecule has 1 heterocycles. The molecule has 2 rings (SSSR count). The SMILES string of the molecule is CCNC(=NCC(O)COc1ccc(F)cc1)NCCc1nc(C)c(C)s1.I. The number of benzene rings is 1. The first kappa shape index (κ1) is 24.6. The van der Waals surface area contributed by atoms with Crippen molar-refractivity contribution in [1.82, 2.24) is 15.6 Å². The molecule has 0 aliphatic rings. The number of ether oxygens (including phenoxy) is 1. The Morgan fingerprint density at radius 2 is 2.00 bits per heavy atom. The number of nitrogens with zero attached hydrogens (tertiary/aromatic N) is 2. The summed E-state index contributed by atoms with van der Waals surface area (Å²) < 4.78 is 18.3. The van der Waals surface area contributed by atoms with Gasteiger partial charge in [-0.1, -0.05) is 0 Å². The molecule has 0 amide bonds. The van der Waals surface area contributed by atoms with Crippen molar-refractivity contribution < 1.29 is 14.2 Å². The monoisotopic (exact) mass is 522 g/mol. The summed E-state index contributed by atoms with van der Waals surface area (Å²) in [5, 5.41) is 17.5. The minimum Gasteiger partial charge on any atom is -0.491 e. The molecule has 0 saturated heterocycles. The van der Waals surface area contributed by atoms with Crippen LogP contribution in [-0.4, -0.2) is 48.4 Å². The van der Waals surface area contributed by atoms with E-state index >= 15 is 0 Å². The summed E-state index contributed by atoms with van der Waals surface area (Å²) in [6.07, 6.45) is 0.0646. The third-order valence-corrected chi connectivity index (χ3v) is 4.90. The lowest BCUT2D eigenvalue weighted by Crippen LogP contribution is -2.39. The van der Waals surface area contributed by atoms with Crippen LogP contribution in [0.15, 0.2) is 29.3 Å². The number of aromatic nitrogens is 1. The van der Waals surface area contributed by atoms with Gasteiger partial charge in [0.15, 0.2) is 5.96 Å². The Morgan fingerprint density at radius 3 is 2.61 bits per heavy atom. The highest BCUT2D eigenvalue weighted by molar-refractivity contribution is 14.0. The van der Waals surface area contributed by atoms with Crippen molar-refractivity contribution in [3.05, 3.63) is 45.7 Å². The molecule has 156 valence electrons. The molecule has 0 fully saturated rings. The van der Waals surface area contributed by atoms with E-state index < -0.39 is 6.10 Å². The normalized spacial score (nSPS) is 12.2. The highest BCUT2D eigenvalue weighted by Crippen LogP contribution is 2.16. The zero-order valence-corrected chi connectivity index (χ0v) is 19.5. The van der Waals surface area contributed by atoms with Gasteiger partial charge in [-0.25, -0.2) is 9.37 Å². The van der Waals surface area contributed by atoms with Gasteiger partial charge in [0, 0.05) is 24.4 Å². The van der Waals surface area contributed by atoms with Crippen molar-refractivity contribution in [3.8, 4) is 5.75 Å². The number of aliphatic hydroxyl groups is 1. The van der Waals surface area contributed by atoms with Crippen LogP contribution in [0.5, 0.6) is 5.75 Å². The van der Waals surface area contributed by atoms with Crippen LogP contribution in [0.1, 0.15) is 22.5 Å². The van der Waals surface area contributed by atoms with Crippen LogP contribution < -0.4 is 15.4 Å². The maximum absolute atomic E-state index is 12.9. The topological polar surface area (TPSA) is 78.8 Å². The van der Waals surface area contributed by atoms with Crippen LogP contribution in [0.25, 0.3) is 0 Å². The van der Waals surface area contributed by atoms with Gasteiger partial charge >= 0.3 is 0 Å². The van der Waals surface area contributed by atoms with Crippen LogP contribution in [0.3, 0.4) is 0 Å². The predicted octanol–water partition coefficient (Wildman–Crippen LogP) is 3.05. The standard InChI is InChI=1S/C19H27FN4O2S.HI/c1-4-21-19(22-10-9-18-24-13(2)14(3)27-18)23-11-16(25)12-26-17-7-5-15(20)6-8-17;/h5-8,16,25H,4,9-12H2,1-3H3,(H2,21,22,23);1H. The Kier molecular flexibility index (Phi) is 11.3. The average molecular weight is 522 g/mol. The van der Waals surface area contributed by atoms with E-state index in [1.807, 2.05) is 13.8 Å². The number of rotatable bonds is 9. The summed E-state index contributed by atoms with van der Waals surface area (Å²) in [5.41, 5.74) is 1.08. The van der Waals surface area contributed by atoms with Gasteiger partial charge in [0.25, 0.3) is 0 Å². The summed E-state index contributed by atoms with van der Waals surface area (Å²) in [4.78, 5) is 10.2. The molecule has 1 atom stereocenters. The highest BCUT2D eigenvalue weighted by atomic mass is 127. The highest BCUT2D eigenvalue weighted by Gasteiger charge is 2.07. The fourth-order valence-electron chi connectivity index (χ4n) is 2.25. The number of guanidine groups is 1. The minimum atomic E-state index is -0.755. The Bertz CT molecular complexity index is 721.